The molecule has 1 N–H and O–H groups in total. The van der Waals surface area contributed by atoms with E-state index in [1.54, 1.807) is 6.20 Å². The monoisotopic (exact) mass is 410 g/mol. The lowest BCUT2D eigenvalue weighted by Crippen LogP contribution is -2.31. The summed E-state index contributed by atoms with van der Waals surface area (Å²) in [6.07, 6.45) is 5.55. The van der Waals surface area contributed by atoms with Crippen LogP contribution in [0.3, 0.4) is 0 Å². The highest BCUT2D eigenvalue weighted by Gasteiger charge is 2.33. The van der Waals surface area contributed by atoms with Gasteiger partial charge in [0, 0.05) is 42.5 Å². The summed E-state index contributed by atoms with van der Waals surface area (Å²) >= 11 is 0. The highest BCUT2D eigenvalue weighted by molar-refractivity contribution is 5.81. The van der Waals surface area contributed by atoms with Crippen molar-refractivity contribution in [3.63, 3.8) is 0 Å². The number of benzene rings is 2. The van der Waals surface area contributed by atoms with E-state index in [1.807, 2.05) is 59.6 Å². The molecule has 1 fully saturated rings. The van der Waals surface area contributed by atoms with Crippen molar-refractivity contribution in [2.45, 2.75) is 25.9 Å². The number of rotatable bonds is 7. The average Bonchev–Trinajstić information content (AvgIpc) is 3.53. The maximum absolute atomic E-state index is 13.1. The van der Waals surface area contributed by atoms with Gasteiger partial charge in [-0.15, -0.1) is 10.2 Å². The van der Waals surface area contributed by atoms with Gasteiger partial charge in [0.1, 0.15) is 0 Å². The van der Waals surface area contributed by atoms with Crippen LogP contribution in [0.4, 0.5) is 0 Å². The third kappa shape index (κ3) is 4.35. The molecule has 5 rings (SSSR count). The Balaban J connectivity index is 1.53. The van der Waals surface area contributed by atoms with Crippen molar-refractivity contribution in [3.8, 4) is 22.5 Å². The molecule has 4 aromatic rings. The zero-order valence-corrected chi connectivity index (χ0v) is 17.0. The van der Waals surface area contributed by atoms with Gasteiger partial charge in [0.05, 0.1) is 0 Å². The molecule has 0 radical (unpaired) electrons. The number of hydrogen-bond acceptors (Lipinski definition) is 5. The Kier molecular flexibility index (Phi) is 5.22. The number of tetrazole rings is 1. The molecular weight excluding hydrogens is 388 g/mol. The van der Waals surface area contributed by atoms with Gasteiger partial charge in [0.25, 0.3) is 0 Å². The zero-order chi connectivity index (χ0) is 21.0. The van der Waals surface area contributed by atoms with Gasteiger partial charge in [-0.1, -0.05) is 48.5 Å². The number of carbonyl (C=O) groups is 1. The Hall–Kier alpha value is -3.87. The van der Waals surface area contributed by atoms with Crippen LogP contribution in [0.25, 0.3) is 22.5 Å². The highest BCUT2D eigenvalue weighted by atomic mass is 16.2. The Morgan fingerprint density at radius 3 is 2.58 bits per heavy atom. The summed E-state index contributed by atoms with van der Waals surface area (Å²) in [7, 11) is 0. The van der Waals surface area contributed by atoms with Crippen LogP contribution in [0.5, 0.6) is 0 Å². The van der Waals surface area contributed by atoms with Crippen LogP contribution < -0.4 is 0 Å². The third-order valence-electron chi connectivity index (χ3n) is 5.50. The quantitative estimate of drug-likeness (QED) is 0.500. The van der Waals surface area contributed by atoms with Crippen molar-refractivity contribution < 1.29 is 4.79 Å². The maximum atomic E-state index is 13.1. The van der Waals surface area contributed by atoms with Crippen LogP contribution in [0.1, 0.15) is 24.0 Å². The van der Waals surface area contributed by atoms with Crippen LogP contribution in [0, 0.1) is 5.92 Å². The van der Waals surface area contributed by atoms with Crippen LogP contribution >= 0.6 is 0 Å². The van der Waals surface area contributed by atoms with Crippen LogP contribution in [-0.4, -0.2) is 36.4 Å². The molecule has 0 atom stereocenters. The fourth-order valence-corrected chi connectivity index (χ4v) is 3.76. The van der Waals surface area contributed by atoms with Crippen molar-refractivity contribution in [3.05, 3.63) is 84.2 Å². The number of pyridine rings is 1. The number of H-pyrrole nitrogens is 1. The molecule has 31 heavy (non-hydrogen) atoms. The number of amides is 1. The van der Waals surface area contributed by atoms with E-state index in [-0.39, 0.29) is 11.8 Å². The second-order valence-corrected chi connectivity index (χ2v) is 7.80. The zero-order valence-electron chi connectivity index (χ0n) is 17.0. The molecule has 1 aliphatic carbocycles. The maximum Gasteiger partial charge on any atom is 0.226 e. The van der Waals surface area contributed by atoms with E-state index in [0.29, 0.717) is 18.9 Å². The molecule has 0 unspecified atom stereocenters. The number of carbonyl (C=O) groups excluding carboxylic acids is 1. The number of nitrogens with zero attached hydrogens (tertiary/aromatic N) is 5. The molecule has 1 saturated carbocycles. The lowest BCUT2D eigenvalue weighted by Gasteiger charge is -2.25. The molecule has 0 saturated heterocycles. The van der Waals surface area contributed by atoms with Gasteiger partial charge < -0.3 is 4.90 Å². The standard InChI is InChI=1S/C24H22N6O/c31-24(18-8-9-18)30(15-17-5-2-1-3-6-17)16-21-13-19(23-26-28-29-27-23)10-11-22(21)20-7-4-12-25-14-20/h1-7,10-14,18H,8-9,15-16H2,(H,26,27,28,29). The highest BCUT2D eigenvalue weighted by Crippen LogP contribution is 2.34. The number of nitrogens with one attached hydrogen (secondary N) is 1. The molecule has 7 nitrogen and oxygen atoms in total. The summed E-state index contributed by atoms with van der Waals surface area (Å²) in [5, 5.41) is 14.4. The smallest absolute Gasteiger partial charge is 0.226 e. The lowest BCUT2D eigenvalue weighted by molar-refractivity contribution is -0.133. The topological polar surface area (TPSA) is 87.7 Å². The second kappa shape index (κ2) is 8.47. The molecule has 7 heteroatoms. The predicted octanol–water partition coefficient (Wildman–Crippen LogP) is 3.87. The summed E-state index contributed by atoms with van der Waals surface area (Å²) in [5.41, 5.74) is 5.06. The van der Waals surface area contributed by atoms with Crippen LogP contribution in [-0.2, 0) is 17.9 Å². The first-order valence-electron chi connectivity index (χ1n) is 10.4. The Morgan fingerprint density at radius 1 is 1.00 bits per heavy atom. The van der Waals surface area contributed by atoms with E-state index < -0.39 is 0 Å². The largest absolute Gasteiger partial charge is 0.334 e. The van der Waals surface area contributed by atoms with E-state index >= 15 is 0 Å². The summed E-state index contributed by atoms with van der Waals surface area (Å²) < 4.78 is 0. The van der Waals surface area contributed by atoms with Crippen molar-refractivity contribution in [2.24, 2.45) is 5.92 Å². The van der Waals surface area contributed by atoms with Crippen LogP contribution in [0.15, 0.2) is 73.1 Å². The van der Waals surface area contributed by atoms with Crippen molar-refractivity contribution >= 4 is 5.91 Å². The minimum absolute atomic E-state index is 0.144. The first kappa shape index (κ1) is 19.1. The molecule has 1 aliphatic rings. The molecule has 0 spiro atoms. The molecule has 154 valence electrons. The number of aromatic nitrogens is 5. The summed E-state index contributed by atoms with van der Waals surface area (Å²) in [6, 6.07) is 20.1. The van der Waals surface area contributed by atoms with Crippen molar-refractivity contribution in [1.29, 1.82) is 0 Å². The van der Waals surface area contributed by atoms with E-state index in [0.717, 1.165) is 40.7 Å². The van der Waals surface area contributed by atoms with Gasteiger partial charge in [0.15, 0.2) is 0 Å². The molecule has 2 heterocycles. The Bertz CT molecular complexity index is 1160. The fourth-order valence-electron chi connectivity index (χ4n) is 3.76. The molecule has 1 amide bonds. The SMILES string of the molecule is O=C(C1CC1)N(Cc1ccccc1)Cc1cc(-c2nn[nH]n2)ccc1-c1cccnc1. The number of aromatic amines is 1. The number of hydrogen-bond donors (Lipinski definition) is 1. The summed E-state index contributed by atoms with van der Waals surface area (Å²) in [6.45, 7) is 1.08. The van der Waals surface area contributed by atoms with E-state index in [9.17, 15) is 4.79 Å². The lowest BCUT2D eigenvalue weighted by atomic mass is 9.97. The predicted molar refractivity (Wildman–Crippen MR) is 116 cm³/mol. The van der Waals surface area contributed by atoms with Gasteiger partial charge in [-0.25, -0.2) is 0 Å². The molecule has 2 aromatic heterocycles. The minimum atomic E-state index is 0.144. The van der Waals surface area contributed by atoms with Crippen molar-refractivity contribution in [1.82, 2.24) is 30.5 Å². The van der Waals surface area contributed by atoms with E-state index in [1.165, 1.54) is 0 Å². The van der Waals surface area contributed by atoms with Gasteiger partial charge in [-0.3, -0.25) is 9.78 Å². The summed E-state index contributed by atoms with van der Waals surface area (Å²) in [5.74, 6) is 0.888. The fraction of sp³-hybridized carbons (Fsp3) is 0.208. The van der Waals surface area contributed by atoms with Gasteiger partial charge in [-0.2, -0.15) is 5.21 Å². The molecule has 2 aromatic carbocycles. The normalized spacial score (nSPS) is 13.2. The van der Waals surface area contributed by atoms with Crippen molar-refractivity contribution in [2.75, 3.05) is 0 Å². The first-order chi connectivity index (χ1) is 15.3. The second-order valence-electron chi connectivity index (χ2n) is 7.80. The van der Waals surface area contributed by atoms with E-state index in [4.69, 9.17) is 0 Å². The summed E-state index contributed by atoms with van der Waals surface area (Å²) in [4.78, 5) is 19.4. The minimum Gasteiger partial charge on any atom is -0.334 e. The molecule has 0 aliphatic heterocycles. The van der Waals surface area contributed by atoms with Gasteiger partial charge >= 0.3 is 0 Å². The van der Waals surface area contributed by atoms with E-state index in [2.05, 4.69) is 37.7 Å². The van der Waals surface area contributed by atoms with Gasteiger partial charge in [0.2, 0.25) is 11.7 Å². The van der Waals surface area contributed by atoms with Crippen LogP contribution in [0.2, 0.25) is 0 Å². The Morgan fingerprint density at radius 2 is 1.87 bits per heavy atom. The Labute approximate surface area is 180 Å². The molecular formula is C24H22N6O. The van der Waals surface area contributed by atoms with Gasteiger partial charge in [-0.05, 0) is 46.9 Å². The molecule has 0 bridgehead atoms. The third-order valence-corrected chi connectivity index (χ3v) is 5.50. The first-order valence-corrected chi connectivity index (χ1v) is 10.4. The average molecular weight is 410 g/mol.